The van der Waals surface area contributed by atoms with E-state index in [1.54, 1.807) is 0 Å². The van der Waals surface area contributed by atoms with Gasteiger partial charge in [-0.1, -0.05) is 0 Å². The number of nitro groups is 1. The summed E-state index contributed by atoms with van der Waals surface area (Å²) in [4.78, 5) is 20.5. The second-order valence-electron chi connectivity index (χ2n) is 3.14. The normalized spacial score (nSPS) is 9.94. The molecule has 0 aliphatic carbocycles. The zero-order valence-electron chi connectivity index (χ0n) is 9.08. The number of nitrogens with zero attached hydrogens (tertiary/aromatic N) is 1. The maximum atomic E-state index is 10.6. The van der Waals surface area contributed by atoms with E-state index >= 15 is 0 Å². The predicted molar refractivity (Wildman–Crippen MR) is 63.4 cm³/mol. The number of carboxylic acid groups (broad SMARTS) is 1. The van der Waals surface area contributed by atoms with E-state index in [0.29, 0.717) is 17.1 Å². The third-order valence-electron chi connectivity index (χ3n) is 1.96. The van der Waals surface area contributed by atoms with E-state index in [1.165, 1.54) is 25.3 Å². The average molecular weight is 257 g/mol. The third-order valence-corrected chi connectivity index (χ3v) is 2.92. The van der Waals surface area contributed by atoms with Crippen molar-refractivity contribution in [2.24, 2.45) is 0 Å². The van der Waals surface area contributed by atoms with Gasteiger partial charge in [-0.2, -0.15) is 0 Å². The van der Waals surface area contributed by atoms with Crippen LogP contribution in [0.2, 0.25) is 0 Å². The fraction of sp³-hybridized carbons (Fsp3) is 0.300. The summed E-state index contributed by atoms with van der Waals surface area (Å²) in [6.45, 7) is 0. The topological polar surface area (TPSA) is 89.7 Å². The van der Waals surface area contributed by atoms with Gasteiger partial charge in [0.05, 0.1) is 17.8 Å². The second-order valence-corrected chi connectivity index (χ2v) is 4.13. The molecule has 0 amide bonds. The van der Waals surface area contributed by atoms with Crippen LogP contribution >= 0.6 is 11.8 Å². The molecule has 1 rings (SSSR count). The first-order valence-corrected chi connectivity index (χ1v) is 5.81. The Morgan fingerprint density at radius 1 is 1.59 bits per heavy atom. The van der Waals surface area contributed by atoms with Crippen LogP contribution in [0, 0.1) is 10.1 Å². The van der Waals surface area contributed by atoms with Crippen LogP contribution in [0.25, 0.3) is 0 Å². The summed E-state index contributed by atoms with van der Waals surface area (Å²) in [6, 6.07) is 4.26. The molecule has 0 aromatic heterocycles. The standard InChI is InChI=1S/C10H11NO5S/c1-16-9-3-2-8(11(14)15)4-7(9)5-17-6-10(12)13/h2-4H,5-6H2,1H3,(H,12,13). The molecule has 17 heavy (non-hydrogen) atoms. The van der Waals surface area contributed by atoms with Gasteiger partial charge in [0.15, 0.2) is 0 Å². The van der Waals surface area contributed by atoms with E-state index in [2.05, 4.69) is 0 Å². The number of ether oxygens (including phenoxy) is 1. The third kappa shape index (κ3) is 3.95. The van der Waals surface area contributed by atoms with Crippen LogP contribution in [-0.2, 0) is 10.5 Å². The lowest BCUT2D eigenvalue weighted by atomic mass is 10.2. The molecule has 0 saturated heterocycles. The molecule has 1 aromatic rings. The summed E-state index contributed by atoms with van der Waals surface area (Å²) in [6.07, 6.45) is 0. The maximum Gasteiger partial charge on any atom is 0.313 e. The number of non-ortho nitro benzene ring substituents is 1. The molecule has 0 bridgehead atoms. The number of carboxylic acids is 1. The van der Waals surface area contributed by atoms with E-state index in [0.717, 1.165) is 11.8 Å². The molecule has 0 radical (unpaired) electrons. The zero-order valence-corrected chi connectivity index (χ0v) is 9.90. The molecule has 7 heteroatoms. The summed E-state index contributed by atoms with van der Waals surface area (Å²) < 4.78 is 5.05. The van der Waals surface area contributed by atoms with Crippen LogP contribution < -0.4 is 4.74 Å². The molecule has 6 nitrogen and oxygen atoms in total. The lowest BCUT2D eigenvalue weighted by Crippen LogP contribution is -1.99. The van der Waals surface area contributed by atoms with Crippen LogP contribution in [-0.4, -0.2) is 28.9 Å². The maximum absolute atomic E-state index is 10.6. The molecule has 0 spiro atoms. The highest BCUT2D eigenvalue weighted by molar-refractivity contribution is 7.99. The Labute approximate surface area is 102 Å². The molecule has 0 heterocycles. The first-order chi connectivity index (χ1) is 8.04. The van der Waals surface area contributed by atoms with Gasteiger partial charge in [-0.15, -0.1) is 11.8 Å². The monoisotopic (exact) mass is 257 g/mol. The highest BCUT2D eigenvalue weighted by atomic mass is 32.2. The van der Waals surface area contributed by atoms with Crippen molar-refractivity contribution in [1.29, 1.82) is 0 Å². The van der Waals surface area contributed by atoms with Crippen LogP contribution in [0.15, 0.2) is 18.2 Å². The molecule has 1 aromatic carbocycles. The second kappa shape index (κ2) is 6.09. The summed E-state index contributed by atoms with van der Waals surface area (Å²) >= 11 is 1.16. The van der Waals surface area contributed by atoms with Gasteiger partial charge in [-0.05, 0) is 6.07 Å². The number of benzene rings is 1. The fourth-order valence-corrected chi connectivity index (χ4v) is 1.96. The number of methoxy groups -OCH3 is 1. The molecular weight excluding hydrogens is 246 g/mol. The minimum absolute atomic E-state index is 0.0308. The van der Waals surface area contributed by atoms with Crippen LogP contribution in [0.5, 0.6) is 5.75 Å². The van der Waals surface area contributed by atoms with Crippen molar-refractivity contribution in [2.75, 3.05) is 12.9 Å². The number of rotatable bonds is 6. The van der Waals surface area contributed by atoms with Crippen LogP contribution in [0.4, 0.5) is 5.69 Å². The highest BCUT2D eigenvalue weighted by Crippen LogP contribution is 2.27. The SMILES string of the molecule is COc1ccc([N+](=O)[O-])cc1CSCC(=O)O. The number of hydrogen-bond donors (Lipinski definition) is 1. The van der Waals surface area contributed by atoms with Crippen molar-refractivity contribution in [3.8, 4) is 5.75 Å². The molecule has 0 unspecified atom stereocenters. The number of nitro benzene ring substituents is 1. The fourth-order valence-electron chi connectivity index (χ4n) is 1.24. The Balaban J connectivity index is 2.82. The van der Waals surface area contributed by atoms with Crippen molar-refractivity contribution in [3.63, 3.8) is 0 Å². The minimum atomic E-state index is -0.917. The van der Waals surface area contributed by atoms with E-state index in [4.69, 9.17) is 9.84 Å². The lowest BCUT2D eigenvalue weighted by Gasteiger charge is -2.07. The van der Waals surface area contributed by atoms with Crippen molar-refractivity contribution < 1.29 is 19.6 Å². The predicted octanol–water partition coefficient (Wildman–Crippen LogP) is 1.92. The molecule has 0 aliphatic heterocycles. The summed E-state index contributed by atoms with van der Waals surface area (Å²) in [5.74, 6) is -0.0869. The average Bonchev–Trinajstić information content (AvgIpc) is 2.28. The Morgan fingerprint density at radius 2 is 2.29 bits per heavy atom. The van der Waals surface area contributed by atoms with E-state index < -0.39 is 10.9 Å². The first-order valence-electron chi connectivity index (χ1n) is 4.65. The number of aliphatic carboxylic acids is 1. The van der Waals surface area contributed by atoms with Gasteiger partial charge >= 0.3 is 5.97 Å². The highest BCUT2D eigenvalue weighted by Gasteiger charge is 2.11. The zero-order chi connectivity index (χ0) is 12.8. The number of carbonyl (C=O) groups is 1. The van der Waals surface area contributed by atoms with Gasteiger partial charge in [0, 0.05) is 23.4 Å². The summed E-state index contributed by atoms with van der Waals surface area (Å²) in [5, 5.41) is 19.1. The van der Waals surface area contributed by atoms with E-state index in [-0.39, 0.29) is 11.4 Å². The smallest absolute Gasteiger partial charge is 0.313 e. The van der Waals surface area contributed by atoms with Crippen molar-refractivity contribution in [1.82, 2.24) is 0 Å². The first kappa shape index (κ1) is 13.3. The van der Waals surface area contributed by atoms with Gasteiger partial charge in [-0.3, -0.25) is 14.9 Å². The quantitative estimate of drug-likeness (QED) is 0.618. The Bertz CT molecular complexity index is 435. The van der Waals surface area contributed by atoms with Gasteiger partial charge in [0.25, 0.3) is 5.69 Å². The van der Waals surface area contributed by atoms with Gasteiger partial charge in [-0.25, -0.2) is 0 Å². The molecule has 0 aliphatic rings. The molecule has 0 atom stereocenters. The number of hydrogen-bond acceptors (Lipinski definition) is 5. The summed E-state index contributed by atoms with van der Waals surface area (Å²) in [7, 11) is 1.46. The Morgan fingerprint density at radius 3 is 2.82 bits per heavy atom. The largest absolute Gasteiger partial charge is 0.496 e. The molecule has 92 valence electrons. The van der Waals surface area contributed by atoms with E-state index in [1.807, 2.05) is 0 Å². The van der Waals surface area contributed by atoms with Crippen LogP contribution in [0.1, 0.15) is 5.56 Å². The van der Waals surface area contributed by atoms with Gasteiger partial charge in [0.2, 0.25) is 0 Å². The number of thioether (sulfide) groups is 1. The molecule has 0 saturated carbocycles. The van der Waals surface area contributed by atoms with Crippen LogP contribution in [0.3, 0.4) is 0 Å². The molecule has 0 fully saturated rings. The van der Waals surface area contributed by atoms with Crippen molar-refractivity contribution in [2.45, 2.75) is 5.75 Å². The van der Waals surface area contributed by atoms with E-state index in [9.17, 15) is 14.9 Å². The Kier molecular flexibility index (Phi) is 4.77. The molecular formula is C10H11NO5S. The lowest BCUT2D eigenvalue weighted by molar-refractivity contribution is -0.384. The van der Waals surface area contributed by atoms with Crippen molar-refractivity contribution in [3.05, 3.63) is 33.9 Å². The van der Waals surface area contributed by atoms with Gasteiger partial charge in [0.1, 0.15) is 5.75 Å². The minimum Gasteiger partial charge on any atom is -0.496 e. The molecule has 1 N–H and O–H groups in total. The summed E-state index contributed by atoms with van der Waals surface area (Å²) in [5.41, 5.74) is 0.588. The Hall–Kier alpha value is -1.76. The van der Waals surface area contributed by atoms with Gasteiger partial charge < -0.3 is 9.84 Å². The van der Waals surface area contributed by atoms with Crippen molar-refractivity contribution >= 4 is 23.4 Å².